The third-order valence-corrected chi connectivity index (χ3v) is 2.77. The van der Waals surface area contributed by atoms with E-state index < -0.39 is 4.92 Å². The van der Waals surface area contributed by atoms with Gasteiger partial charge >= 0.3 is 0 Å². The highest BCUT2D eigenvalue weighted by Gasteiger charge is 2.08. The second-order valence-corrected chi connectivity index (χ2v) is 4.13. The second kappa shape index (κ2) is 6.19. The Kier molecular flexibility index (Phi) is 4.89. The molecule has 0 spiro atoms. The first-order valence-electron chi connectivity index (χ1n) is 4.93. The van der Waals surface area contributed by atoms with Crippen molar-refractivity contribution < 1.29 is 9.72 Å². The molecular formula is C10H12BrN3O3. The van der Waals surface area contributed by atoms with Gasteiger partial charge in [-0.05, 0) is 22.0 Å². The van der Waals surface area contributed by atoms with Crippen molar-refractivity contribution in [3.8, 4) is 0 Å². The van der Waals surface area contributed by atoms with Crippen LogP contribution in [0.15, 0.2) is 22.7 Å². The van der Waals surface area contributed by atoms with Crippen molar-refractivity contribution in [2.75, 3.05) is 18.9 Å². The lowest BCUT2D eigenvalue weighted by Crippen LogP contribution is -2.20. The Bertz CT molecular complexity index is 437. The molecule has 1 aromatic carbocycles. The highest BCUT2D eigenvalue weighted by Crippen LogP contribution is 2.26. The number of halogens is 1. The summed E-state index contributed by atoms with van der Waals surface area (Å²) < 4.78 is 0.601. The second-order valence-electron chi connectivity index (χ2n) is 3.27. The zero-order valence-corrected chi connectivity index (χ0v) is 10.8. The van der Waals surface area contributed by atoms with Gasteiger partial charge < -0.3 is 10.6 Å². The van der Waals surface area contributed by atoms with Crippen LogP contribution in [0.1, 0.15) is 6.42 Å². The molecule has 7 heteroatoms. The van der Waals surface area contributed by atoms with E-state index in [0.29, 0.717) is 17.4 Å². The molecule has 1 aromatic rings. The van der Waals surface area contributed by atoms with Gasteiger partial charge in [-0.2, -0.15) is 0 Å². The number of nitrogens with zero attached hydrogens (tertiary/aromatic N) is 1. The fraction of sp³-hybridized carbons (Fsp3) is 0.300. The van der Waals surface area contributed by atoms with Crippen LogP contribution in [0.5, 0.6) is 0 Å². The number of anilines is 1. The van der Waals surface area contributed by atoms with Crippen molar-refractivity contribution in [1.29, 1.82) is 0 Å². The topological polar surface area (TPSA) is 84.3 Å². The van der Waals surface area contributed by atoms with E-state index in [0.717, 1.165) is 5.69 Å². The first-order valence-corrected chi connectivity index (χ1v) is 5.72. The zero-order valence-electron chi connectivity index (χ0n) is 9.20. The van der Waals surface area contributed by atoms with Gasteiger partial charge in [0.1, 0.15) is 0 Å². The lowest BCUT2D eigenvalue weighted by molar-refractivity contribution is -0.384. The molecular weight excluding hydrogens is 290 g/mol. The first kappa shape index (κ1) is 13.4. The minimum atomic E-state index is -0.459. The monoisotopic (exact) mass is 301 g/mol. The Morgan fingerprint density at radius 3 is 2.76 bits per heavy atom. The van der Waals surface area contributed by atoms with Crippen LogP contribution in [0.3, 0.4) is 0 Å². The standard InChI is InChI=1S/C10H12BrN3O3/c1-12-10(15)4-5-13-9-3-2-7(14(16)17)6-8(9)11/h2-3,6,13H,4-5H2,1H3,(H,12,15). The molecule has 0 aliphatic heterocycles. The Hall–Kier alpha value is -1.63. The van der Waals surface area contributed by atoms with Crippen molar-refractivity contribution in [3.63, 3.8) is 0 Å². The number of nitro benzene ring substituents is 1. The summed E-state index contributed by atoms with van der Waals surface area (Å²) in [5.74, 6) is -0.0597. The van der Waals surface area contributed by atoms with E-state index in [9.17, 15) is 14.9 Å². The summed E-state index contributed by atoms with van der Waals surface area (Å²) in [5.41, 5.74) is 0.744. The summed E-state index contributed by atoms with van der Waals surface area (Å²) in [6, 6.07) is 4.43. The van der Waals surface area contributed by atoms with Crippen LogP contribution in [0.2, 0.25) is 0 Å². The molecule has 2 N–H and O–H groups in total. The summed E-state index contributed by atoms with van der Waals surface area (Å²) in [5, 5.41) is 16.0. The van der Waals surface area contributed by atoms with Gasteiger partial charge in [0, 0.05) is 42.3 Å². The van der Waals surface area contributed by atoms with Gasteiger partial charge in [0.05, 0.1) is 4.92 Å². The Labute approximate surface area is 107 Å². The number of nitro groups is 1. The molecule has 0 aliphatic carbocycles. The first-order chi connectivity index (χ1) is 8.04. The van der Waals surface area contributed by atoms with E-state index in [1.54, 1.807) is 13.1 Å². The maximum absolute atomic E-state index is 11.0. The maximum atomic E-state index is 11.0. The van der Waals surface area contributed by atoms with E-state index in [1.807, 2.05) is 0 Å². The van der Waals surface area contributed by atoms with E-state index in [-0.39, 0.29) is 11.6 Å². The smallest absolute Gasteiger partial charge is 0.270 e. The minimum Gasteiger partial charge on any atom is -0.384 e. The number of carbonyl (C=O) groups excluding carboxylic acids is 1. The predicted molar refractivity (Wildman–Crippen MR) is 68.0 cm³/mol. The Morgan fingerprint density at radius 2 is 2.24 bits per heavy atom. The molecule has 0 saturated heterocycles. The van der Waals surface area contributed by atoms with Gasteiger partial charge in [-0.15, -0.1) is 0 Å². The van der Waals surface area contributed by atoms with Crippen LogP contribution in [0, 0.1) is 10.1 Å². The van der Waals surface area contributed by atoms with Gasteiger partial charge in [-0.3, -0.25) is 14.9 Å². The number of amides is 1. The fourth-order valence-electron chi connectivity index (χ4n) is 1.20. The number of hydrogen-bond acceptors (Lipinski definition) is 4. The third kappa shape index (κ3) is 4.03. The summed E-state index contributed by atoms with van der Waals surface area (Å²) in [6.45, 7) is 0.468. The molecule has 0 aromatic heterocycles. The van der Waals surface area contributed by atoms with E-state index >= 15 is 0 Å². The molecule has 0 radical (unpaired) electrons. The number of hydrogen-bond donors (Lipinski definition) is 2. The molecule has 0 aliphatic rings. The SMILES string of the molecule is CNC(=O)CCNc1ccc([N+](=O)[O-])cc1Br. The van der Waals surface area contributed by atoms with Crippen LogP contribution >= 0.6 is 15.9 Å². The van der Waals surface area contributed by atoms with Crippen molar-refractivity contribution >= 4 is 33.2 Å². The normalized spacial score (nSPS) is 9.76. The number of non-ortho nitro benzene ring substituents is 1. The van der Waals surface area contributed by atoms with E-state index in [1.165, 1.54) is 12.1 Å². The molecule has 0 atom stereocenters. The van der Waals surface area contributed by atoms with Crippen LogP contribution in [0.4, 0.5) is 11.4 Å². The van der Waals surface area contributed by atoms with Gasteiger partial charge in [-0.25, -0.2) is 0 Å². The molecule has 17 heavy (non-hydrogen) atoms. The molecule has 0 heterocycles. The average molecular weight is 302 g/mol. The largest absolute Gasteiger partial charge is 0.384 e. The lowest BCUT2D eigenvalue weighted by Gasteiger charge is -2.07. The predicted octanol–water partition coefficient (Wildman–Crippen LogP) is 1.91. The lowest BCUT2D eigenvalue weighted by atomic mass is 10.2. The van der Waals surface area contributed by atoms with Crippen molar-refractivity contribution in [2.45, 2.75) is 6.42 Å². The van der Waals surface area contributed by atoms with Gasteiger partial charge in [0.25, 0.3) is 5.69 Å². The number of rotatable bonds is 5. The maximum Gasteiger partial charge on any atom is 0.270 e. The van der Waals surface area contributed by atoms with Crippen LogP contribution in [-0.4, -0.2) is 24.4 Å². The van der Waals surface area contributed by atoms with Crippen molar-refractivity contribution in [1.82, 2.24) is 5.32 Å². The fourth-order valence-corrected chi connectivity index (χ4v) is 1.70. The Balaban J connectivity index is 2.60. The molecule has 0 saturated carbocycles. The van der Waals surface area contributed by atoms with E-state index in [2.05, 4.69) is 26.6 Å². The molecule has 6 nitrogen and oxygen atoms in total. The number of carbonyl (C=O) groups is 1. The minimum absolute atomic E-state index is 0.0220. The third-order valence-electron chi connectivity index (χ3n) is 2.11. The van der Waals surface area contributed by atoms with Crippen molar-refractivity contribution in [2.24, 2.45) is 0 Å². The average Bonchev–Trinajstić information content (AvgIpc) is 2.30. The quantitative estimate of drug-likeness (QED) is 0.643. The molecule has 92 valence electrons. The van der Waals surface area contributed by atoms with Gasteiger partial charge in [-0.1, -0.05) is 0 Å². The molecule has 0 fully saturated rings. The number of benzene rings is 1. The number of nitrogens with one attached hydrogen (secondary N) is 2. The van der Waals surface area contributed by atoms with Crippen LogP contribution in [-0.2, 0) is 4.79 Å². The Morgan fingerprint density at radius 1 is 1.53 bits per heavy atom. The van der Waals surface area contributed by atoms with Gasteiger partial charge in [0.15, 0.2) is 0 Å². The molecule has 0 unspecified atom stereocenters. The molecule has 0 bridgehead atoms. The molecule has 1 rings (SSSR count). The van der Waals surface area contributed by atoms with Crippen LogP contribution in [0.25, 0.3) is 0 Å². The van der Waals surface area contributed by atoms with E-state index in [4.69, 9.17) is 0 Å². The summed E-state index contributed by atoms with van der Waals surface area (Å²) >= 11 is 3.23. The van der Waals surface area contributed by atoms with Crippen LogP contribution < -0.4 is 10.6 Å². The highest BCUT2D eigenvalue weighted by atomic mass is 79.9. The van der Waals surface area contributed by atoms with Crippen molar-refractivity contribution in [3.05, 3.63) is 32.8 Å². The molecule has 1 amide bonds. The zero-order chi connectivity index (χ0) is 12.8. The highest BCUT2D eigenvalue weighted by molar-refractivity contribution is 9.10. The summed E-state index contributed by atoms with van der Waals surface area (Å²) in [4.78, 5) is 21.0. The van der Waals surface area contributed by atoms with Gasteiger partial charge in [0.2, 0.25) is 5.91 Å². The summed E-state index contributed by atoms with van der Waals surface area (Å²) in [6.07, 6.45) is 0.347. The summed E-state index contributed by atoms with van der Waals surface area (Å²) in [7, 11) is 1.57.